The number of esters is 1. The van der Waals surface area contributed by atoms with E-state index in [2.05, 4.69) is 80.4 Å². The van der Waals surface area contributed by atoms with Gasteiger partial charge in [0, 0.05) is 102 Å². The van der Waals surface area contributed by atoms with Crippen molar-refractivity contribution in [2.24, 2.45) is 29.6 Å². The second kappa shape index (κ2) is 37.3. The topological polar surface area (TPSA) is 283 Å². The number of piperidine rings is 11. The fourth-order valence-corrected chi connectivity index (χ4v) is 23.3. The van der Waals surface area contributed by atoms with Gasteiger partial charge >= 0.3 is 11.9 Å². The average Bonchev–Trinajstić information content (AvgIpc) is 0.681. The van der Waals surface area contributed by atoms with Crippen LogP contribution >= 0.6 is 15.9 Å². The predicted octanol–water partition coefficient (Wildman–Crippen LogP) is 14.0. The molecule has 11 aliphatic heterocycles. The number of halogens is 2. The van der Waals surface area contributed by atoms with Gasteiger partial charge < -0.3 is 79.7 Å². The molecule has 123 heavy (non-hydrogen) atoms. The molecule has 7 aromatic carbocycles. The van der Waals surface area contributed by atoms with Gasteiger partial charge in [0.05, 0.1) is 52.8 Å². The maximum atomic E-state index is 16.0. The minimum Gasteiger partial charge on any atom is -0.506 e. The van der Waals surface area contributed by atoms with Crippen molar-refractivity contribution in [3.63, 3.8) is 0 Å². The molecule has 24 heteroatoms. The lowest BCUT2D eigenvalue weighted by Gasteiger charge is -2.69. The number of amides is 2. The number of phenols is 1. The van der Waals surface area contributed by atoms with Crippen LogP contribution in [0.3, 0.4) is 0 Å². The SMILES string of the molecule is O=C(c1ccc(OCCCCCCNC[C@H](O)c2ccc(O)c3[nH]c(=O)ccc23)cc1)N1CCC(C(=O)Oc2ccc([C@@H](O)CNCCCCCCOc3ccc(C(=O)N4CC[C@](C(=O)O)(c5ccc(F)cc5)C[C@@]4(C4CN5CCC4CC5)[C@H]4CN5CCC4(c4ccc(Br)cc4)CC5)cc3)c3ccc(=O)[nH]c23)(c2ccccc2)CC1C1CN2CCC1CC2. The van der Waals surface area contributed by atoms with Crippen molar-refractivity contribution < 1.29 is 58.2 Å². The molecule has 648 valence electrons. The van der Waals surface area contributed by atoms with Crippen LogP contribution in [0.25, 0.3) is 21.8 Å². The third-order valence-electron chi connectivity index (χ3n) is 29.6. The number of aliphatic hydroxyl groups is 2. The summed E-state index contributed by atoms with van der Waals surface area (Å²) in [5, 5.41) is 52.7. The number of carboxylic acids is 1. The van der Waals surface area contributed by atoms with Crippen molar-refractivity contribution in [2.75, 3.05) is 111 Å². The zero-order chi connectivity index (χ0) is 85.0. The summed E-state index contributed by atoms with van der Waals surface area (Å²) in [6, 6.07) is 51.8. The minimum atomic E-state index is -1.36. The molecule has 6 bridgehead atoms. The lowest BCUT2D eigenvalue weighted by Crippen LogP contribution is -2.77. The zero-order valence-electron chi connectivity index (χ0n) is 70.1. The van der Waals surface area contributed by atoms with Gasteiger partial charge in [-0.05, 0) is 291 Å². The summed E-state index contributed by atoms with van der Waals surface area (Å²) in [7, 11) is 0. The molecule has 13 heterocycles. The predicted molar refractivity (Wildman–Crippen MR) is 474 cm³/mol. The number of aliphatic carboxylic acids is 1. The number of unbranched alkanes of at least 4 members (excludes halogenated alkanes) is 6. The first-order chi connectivity index (χ1) is 59.8. The number of carboxylic acid groups (broad SMARTS) is 1. The van der Waals surface area contributed by atoms with Crippen LogP contribution in [0.1, 0.15) is 176 Å². The second-order valence-corrected chi connectivity index (χ2v) is 37.2. The number of aromatic nitrogens is 2. The summed E-state index contributed by atoms with van der Waals surface area (Å²) >= 11 is 3.71. The molecular weight excluding hydrogens is 1620 g/mol. The number of carbonyl (C=O) groups excluding carboxylic acids is 3. The van der Waals surface area contributed by atoms with Crippen molar-refractivity contribution in [1.29, 1.82) is 0 Å². The number of rotatable bonds is 33. The highest BCUT2D eigenvalue weighted by atomic mass is 79.9. The molecule has 0 aliphatic carbocycles. The summed E-state index contributed by atoms with van der Waals surface area (Å²) < 4.78 is 34.9. The molecular formula is C99H115BrFN9O13. The van der Waals surface area contributed by atoms with Gasteiger partial charge in [-0.2, -0.15) is 0 Å². The Bertz CT molecular complexity index is 5350. The van der Waals surface area contributed by atoms with Gasteiger partial charge in [0.25, 0.3) is 11.8 Å². The van der Waals surface area contributed by atoms with Crippen LogP contribution in [0.5, 0.6) is 23.0 Å². The number of nitrogens with one attached hydrogen (secondary N) is 4. The minimum absolute atomic E-state index is 0.00739. The van der Waals surface area contributed by atoms with Gasteiger partial charge in [-0.15, -0.1) is 0 Å². The number of hydrogen-bond acceptors (Lipinski definition) is 17. The first kappa shape index (κ1) is 85.5. The normalized spacial score (nSPS) is 27.1. The number of carbonyl (C=O) groups is 4. The zero-order valence-corrected chi connectivity index (χ0v) is 71.7. The number of benzene rings is 7. The molecule has 0 radical (unpaired) electrons. The number of aliphatic hydroxyl groups excluding tert-OH is 2. The van der Waals surface area contributed by atoms with Crippen LogP contribution in [0.2, 0.25) is 0 Å². The highest BCUT2D eigenvalue weighted by molar-refractivity contribution is 9.10. The summed E-state index contributed by atoms with van der Waals surface area (Å²) in [5.41, 5.74) is 1.06. The molecule has 22 nitrogen and oxygen atoms in total. The quantitative estimate of drug-likeness (QED) is 0.0108. The van der Waals surface area contributed by atoms with E-state index in [4.69, 9.17) is 14.2 Å². The fraction of sp³-hybridized carbons (Fsp3) is 0.475. The molecule has 9 atom stereocenters. The molecule has 0 spiro atoms. The van der Waals surface area contributed by atoms with Crippen LogP contribution in [0.4, 0.5) is 4.39 Å². The molecule has 11 aliphatic rings. The molecule has 0 saturated carbocycles. The Labute approximate surface area is 726 Å². The Morgan fingerprint density at radius 2 is 1.07 bits per heavy atom. The molecule has 2 amide bonds. The molecule has 11 saturated heterocycles. The Kier molecular flexibility index (Phi) is 25.9. The van der Waals surface area contributed by atoms with Crippen molar-refractivity contribution in [2.45, 2.75) is 156 Å². The van der Waals surface area contributed by atoms with E-state index in [-0.39, 0.29) is 89.6 Å². The monoisotopic (exact) mass is 1740 g/mol. The molecule has 8 N–H and O–H groups in total. The van der Waals surface area contributed by atoms with Crippen molar-refractivity contribution in [3.8, 4) is 23.0 Å². The van der Waals surface area contributed by atoms with E-state index in [0.717, 1.165) is 159 Å². The number of pyridine rings is 2. The number of aromatic amines is 2. The number of ether oxygens (including phenoxy) is 3. The maximum absolute atomic E-state index is 16.0. The summed E-state index contributed by atoms with van der Waals surface area (Å²) in [6.45, 7) is 11.7. The van der Waals surface area contributed by atoms with E-state index < -0.39 is 46.3 Å². The van der Waals surface area contributed by atoms with Crippen molar-refractivity contribution in [1.82, 2.24) is 45.1 Å². The van der Waals surface area contributed by atoms with Crippen LogP contribution in [-0.2, 0) is 25.8 Å². The van der Waals surface area contributed by atoms with Crippen LogP contribution in [0.15, 0.2) is 190 Å². The van der Waals surface area contributed by atoms with E-state index in [1.807, 2.05) is 83.8 Å². The summed E-state index contributed by atoms with van der Waals surface area (Å²) in [6.07, 6.45) is 12.2. The molecule has 4 unspecified atom stereocenters. The summed E-state index contributed by atoms with van der Waals surface area (Å²) in [5.74, 6) is 0.154. The van der Waals surface area contributed by atoms with Gasteiger partial charge in [-0.3, -0.25) is 28.8 Å². The van der Waals surface area contributed by atoms with E-state index in [0.29, 0.717) is 125 Å². The summed E-state index contributed by atoms with van der Waals surface area (Å²) in [4.78, 5) is 103. The van der Waals surface area contributed by atoms with E-state index >= 15 is 14.4 Å². The van der Waals surface area contributed by atoms with E-state index in [1.165, 1.54) is 35.9 Å². The number of fused-ring (bicyclic) bond motifs is 11. The number of aromatic hydroxyl groups is 1. The second-order valence-electron chi connectivity index (χ2n) is 36.3. The van der Waals surface area contributed by atoms with Gasteiger partial charge in [0.1, 0.15) is 23.1 Å². The van der Waals surface area contributed by atoms with Gasteiger partial charge in [-0.1, -0.05) is 108 Å². The van der Waals surface area contributed by atoms with Gasteiger partial charge in [0.2, 0.25) is 11.1 Å². The first-order valence-corrected chi connectivity index (χ1v) is 45.7. The Morgan fingerprint density at radius 3 is 1.65 bits per heavy atom. The lowest BCUT2D eigenvalue weighted by atomic mass is 9.46. The van der Waals surface area contributed by atoms with E-state index in [1.54, 1.807) is 42.5 Å². The molecule has 20 rings (SSSR count). The number of nitrogens with zero attached hydrogens (tertiary/aromatic N) is 5. The van der Waals surface area contributed by atoms with Gasteiger partial charge in [-0.25, -0.2) is 4.39 Å². The Hall–Kier alpha value is -9.63. The first-order valence-electron chi connectivity index (χ1n) is 44.9. The fourth-order valence-electron chi connectivity index (χ4n) is 23.1. The third-order valence-corrected chi connectivity index (χ3v) is 30.2. The number of H-pyrrole nitrogens is 2. The van der Waals surface area contributed by atoms with Crippen molar-refractivity contribution in [3.05, 3.63) is 246 Å². The number of phenolic OH excluding ortho intramolecular Hbond substituents is 1. The molecule has 2 aromatic heterocycles. The maximum Gasteiger partial charge on any atom is 0.322 e. The number of hydrogen-bond donors (Lipinski definition) is 8. The number of likely N-dealkylation sites (tertiary alicyclic amines) is 2. The van der Waals surface area contributed by atoms with Gasteiger partial charge in [0.15, 0.2) is 5.75 Å². The third kappa shape index (κ3) is 17.5. The smallest absolute Gasteiger partial charge is 0.322 e. The highest BCUT2D eigenvalue weighted by Gasteiger charge is 2.69. The average molecular weight is 1740 g/mol. The largest absolute Gasteiger partial charge is 0.506 e. The van der Waals surface area contributed by atoms with Crippen LogP contribution in [0, 0.1) is 35.4 Å². The Balaban J connectivity index is 0.500. The van der Waals surface area contributed by atoms with E-state index in [9.17, 15) is 39.2 Å². The van der Waals surface area contributed by atoms with Crippen molar-refractivity contribution >= 4 is 61.5 Å². The van der Waals surface area contributed by atoms with Crippen LogP contribution in [-0.4, -0.2) is 202 Å². The van der Waals surface area contributed by atoms with Crippen LogP contribution < -0.4 is 36.0 Å². The Morgan fingerprint density at radius 1 is 0.528 bits per heavy atom. The lowest BCUT2D eigenvalue weighted by molar-refractivity contribution is -0.170. The molecule has 11 fully saturated rings. The standard InChI is InChI=1S/C99H115BrFN9O13/c100-72-22-18-70(19-23-72)96-42-52-108(53-43-96)63-87(96)99(81-62-107-50-40-66(81)41-51-107)64-98(94(118)119,71-20-24-73(101)25-21-71)45-55-110(99)93(117)68-16-28-75(29-17-68)122-57-11-4-2-9-47-103-60-85(113)77-31-35-86(91-79(77)33-37-89(115)105-91)123-95(120)97(69-12-6-5-7-13-69)44-54-109(82(58-97)80-61-106-48-38-65(80)39-49-106)92(116)67-14-26-74(27-15-67)121-56-10-3-1-8-46-102-59-84(112)76-30-34-83(111)90-78(76)32-36-88(114)104-90/h5-7,12-37,65-66,80-82,84-85,87,102-103,111-113H,1-4,8-11,38-64H2,(H,104,114)(H,105,115)(H,118,119)/t80?,81?,82?,84-,85-,87-,97?,98+,99+/m0/s1. The highest BCUT2D eigenvalue weighted by Crippen LogP contribution is 2.62. The molecule has 9 aromatic rings.